The molecule has 1 fully saturated rings. The van der Waals surface area contributed by atoms with E-state index in [0.29, 0.717) is 17.7 Å². The molecule has 1 aromatic carbocycles. The normalized spacial score (nSPS) is 15.8. The maximum absolute atomic E-state index is 12.8. The summed E-state index contributed by atoms with van der Waals surface area (Å²) in [6.07, 6.45) is 2.30. The van der Waals surface area contributed by atoms with Crippen molar-refractivity contribution in [1.82, 2.24) is 9.62 Å². The summed E-state index contributed by atoms with van der Waals surface area (Å²) < 4.78 is 26.0. The van der Waals surface area contributed by atoms with Crippen LogP contribution >= 0.6 is 0 Å². The molecule has 1 amide bonds. The number of anilines is 1. The molecule has 0 aliphatic carbocycles. The first-order valence-electron chi connectivity index (χ1n) is 8.97. The van der Waals surface area contributed by atoms with Gasteiger partial charge in [0.25, 0.3) is 5.91 Å². The minimum absolute atomic E-state index is 0.0462. The topological polar surface area (TPSA) is 107 Å². The van der Waals surface area contributed by atoms with Gasteiger partial charge in [-0.3, -0.25) is 9.59 Å². The number of carbonyl (C=O) groups excluding carboxylic acids is 1. The van der Waals surface area contributed by atoms with Crippen molar-refractivity contribution in [1.29, 1.82) is 0 Å². The van der Waals surface area contributed by atoms with Gasteiger partial charge < -0.3 is 15.3 Å². The highest BCUT2D eigenvalue weighted by Gasteiger charge is 2.25. The molecule has 0 bridgehead atoms. The summed E-state index contributed by atoms with van der Waals surface area (Å²) in [6.45, 7) is 3.36. The van der Waals surface area contributed by atoms with Crippen molar-refractivity contribution in [2.45, 2.75) is 43.5 Å². The van der Waals surface area contributed by atoms with E-state index in [-0.39, 0.29) is 17.4 Å². The Bertz CT molecular complexity index is 801. The molecule has 2 N–H and O–H groups in total. The average molecular weight is 397 g/mol. The third-order valence-electron chi connectivity index (χ3n) is 4.61. The molecular formula is C18H27N3O5S. The summed E-state index contributed by atoms with van der Waals surface area (Å²) in [7, 11) is -0.782. The van der Waals surface area contributed by atoms with Gasteiger partial charge in [0, 0.05) is 45.3 Å². The molecule has 0 saturated carbocycles. The fourth-order valence-electron chi connectivity index (χ4n) is 3.02. The van der Waals surface area contributed by atoms with Gasteiger partial charge >= 0.3 is 5.97 Å². The van der Waals surface area contributed by atoms with Gasteiger partial charge in [0.1, 0.15) is 0 Å². The van der Waals surface area contributed by atoms with E-state index in [1.165, 1.54) is 26.2 Å². The lowest BCUT2D eigenvalue weighted by Gasteiger charge is -2.23. The SMILES string of the molecule is CC(CCC(=O)O)NC(=O)c1cc(S(=O)(=O)N(C)C)ccc1N1CCCC1. The highest BCUT2D eigenvalue weighted by atomic mass is 32.2. The van der Waals surface area contributed by atoms with Crippen molar-refractivity contribution < 1.29 is 23.1 Å². The number of nitrogens with one attached hydrogen (secondary N) is 1. The zero-order valence-electron chi connectivity index (χ0n) is 15.9. The molecule has 1 aliphatic rings. The second-order valence-corrected chi connectivity index (χ2v) is 9.12. The molecule has 27 heavy (non-hydrogen) atoms. The van der Waals surface area contributed by atoms with Gasteiger partial charge in [-0.2, -0.15) is 0 Å². The molecule has 1 unspecified atom stereocenters. The number of rotatable bonds is 8. The van der Waals surface area contributed by atoms with Crippen LogP contribution in [0.2, 0.25) is 0 Å². The molecule has 9 heteroatoms. The third kappa shape index (κ3) is 5.20. The number of hydrogen-bond donors (Lipinski definition) is 2. The van der Waals surface area contributed by atoms with E-state index in [9.17, 15) is 18.0 Å². The minimum Gasteiger partial charge on any atom is -0.481 e. The molecule has 1 aliphatic heterocycles. The number of hydrogen-bond acceptors (Lipinski definition) is 5. The first-order valence-corrected chi connectivity index (χ1v) is 10.4. The standard InChI is InChI=1S/C18H27N3O5S/c1-13(6-9-17(22)23)19-18(24)15-12-14(27(25,26)20(2)3)7-8-16(15)21-10-4-5-11-21/h7-8,12-13H,4-6,9-11H2,1-3H3,(H,19,24)(H,22,23). The highest BCUT2D eigenvalue weighted by molar-refractivity contribution is 7.89. The van der Waals surface area contributed by atoms with Crippen LogP contribution in [0.3, 0.4) is 0 Å². The van der Waals surface area contributed by atoms with Gasteiger partial charge in [0.15, 0.2) is 0 Å². The predicted octanol–water partition coefficient (Wildman–Crippen LogP) is 1.52. The van der Waals surface area contributed by atoms with Gasteiger partial charge in [-0.05, 0) is 44.4 Å². The van der Waals surface area contributed by atoms with Crippen molar-refractivity contribution in [3.63, 3.8) is 0 Å². The zero-order chi connectivity index (χ0) is 20.2. The third-order valence-corrected chi connectivity index (χ3v) is 6.42. The van der Waals surface area contributed by atoms with Crippen LogP contribution < -0.4 is 10.2 Å². The zero-order valence-corrected chi connectivity index (χ0v) is 16.8. The summed E-state index contributed by atoms with van der Waals surface area (Å²) in [5, 5.41) is 11.6. The molecule has 2 rings (SSSR count). The number of benzene rings is 1. The van der Waals surface area contributed by atoms with E-state index in [2.05, 4.69) is 10.2 Å². The molecule has 0 radical (unpaired) electrons. The number of amides is 1. The van der Waals surface area contributed by atoms with E-state index in [1.54, 1.807) is 13.0 Å². The smallest absolute Gasteiger partial charge is 0.303 e. The summed E-state index contributed by atoms with van der Waals surface area (Å²) in [5.74, 6) is -1.32. The Morgan fingerprint density at radius 1 is 1.26 bits per heavy atom. The molecule has 0 spiro atoms. The number of nitrogens with zero attached hydrogens (tertiary/aromatic N) is 2. The number of carboxylic acid groups (broad SMARTS) is 1. The maximum atomic E-state index is 12.8. The Hall–Kier alpha value is -2.13. The van der Waals surface area contributed by atoms with E-state index < -0.39 is 21.9 Å². The van der Waals surface area contributed by atoms with Crippen molar-refractivity contribution in [3.8, 4) is 0 Å². The van der Waals surface area contributed by atoms with Crippen LogP contribution in [0.1, 0.15) is 43.0 Å². The predicted molar refractivity (Wildman–Crippen MR) is 103 cm³/mol. The van der Waals surface area contributed by atoms with E-state index >= 15 is 0 Å². The van der Waals surface area contributed by atoms with E-state index in [4.69, 9.17) is 5.11 Å². The Morgan fingerprint density at radius 3 is 2.44 bits per heavy atom. The van der Waals surface area contributed by atoms with Crippen LogP contribution in [-0.2, 0) is 14.8 Å². The monoisotopic (exact) mass is 397 g/mol. The molecule has 1 heterocycles. The fraction of sp³-hybridized carbons (Fsp3) is 0.556. The Morgan fingerprint density at radius 2 is 1.89 bits per heavy atom. The number of sulfonamides is 1. The second kappa shape index (κ2) is 8.71. The lowest BCUT2D eigenvalue weighted by atomic mass is 10.1. The van der Waals surface area contributed by atoms with Crippen LogP contribution in [0.4, 0.5) is 5.69 Å². The lowest BCUT2D eigenvalue weighted by molar-refractivity contribution is -0.137. The van der Waals surface area contributed by atoms with E-state index in [1.807, 2.05) is 0 Å². The summed E-state index contributed by atoms with van der Waals surface area (Å²) in [6, 6.07) is 4.27. The fourth-order valence-corrected chi connectivity index (χ4v) is 3.94. The number of aliphatic carboxylic acids is 1. The largest absolute Gasteiger partial charge is 0.481 e. The van der Waals surface area contributed by atoms with Crippen LogP contribution in [-0.4, -0.2) is 62.9 Å². The average Bonchev–Trinajstić information content (AvgIpc) is 3.13. The van der Waals surface area contributed by atoms with Gasteiger partial charge in [0.05, 0.1) is 10.5 Å². The number of carboxylic acids is 1. The van der Waals surface area contributed by atoms with Gasteiger partial charge in [-0.15, -0.1) is 0 Å². The molecule has 8 nitrogen and oxygen atoms in total. The van der Waals surface area contributed by atoms with Crippen LogP contribution in [0.15, 0.2) is 23.1 Å². The van der Waals surface area contributed by atoms with Gasteiger partial charge in [-0.25, -0.2) is 12.7 Å². The van der Waals surface area contributed by atoms with Crippen molar-refractivity contribution >= 4 is 27.6 Å². The Balaban J connectivity index is 2.34. The van der Waals surface area contributed by atoms with Gasteiger partial charge in [-0.1, -0.05) is 0 Å². The Kier molecular flexibility index (Phi) is 6.83. The van der Waals surface area contributed by atoms with Crippen molar-refractivity contribution in [3.05, 3.63) is 23.8 Å². The molecule has 0 aromatic heterocycles. The van der Waals surface area contributed by atoms with Gasteiger partial charge in [0.2, 0.25) is 10.0 Å². The summed E-state index contributed by atoms with van der Waals surface area (Å²) in [4.78, 5) is 25.7. The maximum Gasteiger partial charge on any atom is 0.303 e. The molecule has 1 atom stereocenters. The molecular weight excluding hydrogens is 370 g/mol. The van der Waals surface area contributed by atoms with E-state index in [0.717, 1.165) is 30.2 Å². The first kappa shape index (κ1) is 21.2. The summed E-state index contributed by atoms with van der Waals surface area (Å²) >= 11 is 0. The van der Waals surface area contributed by atoms with Crippen LogP contribution in [0.5, 0.6) is 0 Å². The van der Waals surface area contributed by atoms with Crippen molar-refractivity contribution in [2.75, 3.05) is 32.1 Å². The molecule has 1 saturated heterocycles. The molecule has 150 valence electrons. The highest BCUT2D eigenvalue weighted by Crippen LogP contribution is 2.28. The lowest BCUT2D eigenvalue weighted by Crippen LogP contribution is -2.34. The first-order chi connectivity index (χ1) is 12.6. The summed E-state index contributed by atoms with van der Waals surface area (Å²) in [5.41, 5.74) is 0.996. The quantitative estimate of drug-likeness (QED) is 0.689. The van der Waals surface area contributed by atoms with Crippen LogP contribution in [0, 0.1) is 0 Å². The van der Waals surface area contributed by atoms with Crippen LogP contribution in [0.25, 0.3) is 0 Å². The molecule has 1 aromatic rings. The second-order valence-electron chi connectivity index (χ2n) is 6.97. The number of carbonyl (C=O) groups is 2. The Labute approximate surface area is 160 Å². The minimum atomic E-state index is -3.67. The van der Waals surface area contributed by atoms with Crippen molar-refractivity contribution in [2.24, 2.45) is 0 Å².